The van der Waals surface area contributed by atoms with E-state index in [9.17, 15) is 13.2 Å². The van der Waals surface area contributed by atoms with Crippen molar-refractivity contribution >= 4 is 5.96 Å². The molecule has 1 heterocycles. The molecule has 2 rings (SSSR count). The van der Waals surface area contributed by atoms with Crippen LogP contribution in [0.5, 0.6) is 0 Å². The summed E-state index contributed by atoms with van der Waals surface area (Å²) in [7, 11) is 0. The number of nitrogens with zero attached hydrogens (tertiary/aromatic N) is 1. The Morgan fingerprint density at radius 2 is 2.00 bits per heavy atom. The van der Waals surface area contributed by atoms with Crippen molar-refractivity contribution in [2.45, 2.75) is 44.9 Å². The topological polar surface area (TPSA) is 45.7 Å². The van der Waals surface area contributed by atoms with Gasteiger partial charge in [0, 0.05) is 26.2 Å². The van der Waals surface area contributed by atoms with E-state index in [1.165, 1.54) is 12.1 Å². The van der Waals surface area contributed by atoms with Gasteiger partial charge in [-0.15, -0.1) is 0 Å². The van der Waals surface area contributed by atoms with Crippen LogP contribution >= 0.6 is 0 Å². The molecule has 1 fully saturated rings. The zero-order chi connectivity index (χ0) is 18.1. The molecule has 0 aliphatic carbocycles. The summed E-state index contributed by atoms with van der Waals surface area (Å²) in [6.07, 6.45) is -0.194. The standard InChI is InChI=1S/C18H26F3N3O/c1-2-22-17(24-12-10-16-4-3-13-25-16)23-11-9-14-5-7-15(8-6-14)18(19,20)21/h5-8,16H,2-4,9-13H2,1H3,(H2,22,23,24). The molecule has 2 N–H and O–H groups in total. The molecule has 25 heavy (non-hydrogen) atoms. The lowest BCUT2D eigenvalue weighted by atomic mass is 10.1. The second-order valence-electron chi connectivity index (χ2n) is 6.06. The molecule has 7 heteroatoms. The van der Waals surface area contributed by atoms with Crippen molar-refractivity contribution in [1.29, 1.82) is 0 Å². The molecule has 0 radical (unpaired) electrons. The van der Waals surface area contributed by atoms with Crippen LogP contribution in [0.25, 0.3) is 0 Å². The summed E-state index contributed by atoms with van der Waals surface area (Å²) in [5.41, 5.74) is 0.240. The Bertz CT molecular complexity index is 537. The molecule has 1 atom stereocenters. The van der Waals surface area contributed by atoms with E-state index >= 15 is 0 Å². The van der Waals surface area contributed by atoms with E-state index in [4.69, 9.17) is 4.74 Å². The van der Waals surface area contributed by atoms with Crippen molar-refractivity contribution in [1.82, 2.24) is 10.6 Å². The van der Waals surface area contributed by atoms with E-state index in [1.54, 1.807) is 0 Å². The summed E-state index contributed by atoms with van der Waals surface area (Å²) in [5.74, 6) is 0.729. The summed E-state index contributed by atoms with van der Waals surface area (Å²) in [4.78, 5) is 4.52. The SMILES string of the molecule is CCNC(=NCCC1CCCO1)NCCc1ccc(C(F)(F)F)cc1. The minimum absolute atomic E-state index is 0.318. The van der Waals surface area contributed by atoms with Gasteiger partial charge in [0.1, 0.15) is 0 Å². The Hall–Kier alpha value is -1.76. The molecule has 1 aromatic carbocycles. The van der Waals surface area contributed by atoms with Crippen molar-refractivity contribution < 1.29 is 17.9 Å². The highest BCUT2D eigenvalue weighted by atomic mass is 19.4. The molecule has 140 valence electrons. The van der Waals surface area contributed by atoms with Gasteiger partial charge < -0.3 is 15.4 Å². The third-order valence-corrected chi connectivity index (χ3v) is 4.08. The maximum Gasteiger partial charge on any atom is 0.416 e. The number of ether oxygens (including phenoxy) is 1. The van der Waals surface area contributed by atoms with Gasteiger partial charge in [-0.05, 0) is 50.3 Å². The lowest BCUT2D eigenvalue weighted by Gasteiger charge is -2.13. The number of benzene rings is 1. The molecule has 1 aliphatic rings. The normalized spacial score (nSPS) is 18.4. The molecule has 1 aliphatic heterocycles. The Balaban J connectivity index is 1.76. The van der Waals surface area contributed by atoms with Gasteiger partial charge in [-0.25, -0.2) is 0 Å². The molecule has 0 saturated carbocycles. The quantitative estimate of drug-likeness (QED) is 0.581. The van der Waals surface area contributed by atoms with Gasteiger partial charge >= 0.3 is 6.18 Å². The molecule has 1 unspecified atom stereocenters. The summed E-state index contributed by atoms with van der Waals surface area (Å²) in [5, 5.41) is 6.39. The average molecular weight is 357 g/mol. The van der Waals surface area contributed by atoms with E-state index in [0.717, 1.165) is 56.1 Å². The van der Waals surface area contributed by atoms with Crippen molar-refractivity contribution in [2.75, 3.05) is 26.2 Å². The average Bonchev–Trinajstić information content (AvgIpc) is 3.08. The monoisotopic (exact) mass is 357 g/mol. The van der Waals surface area contributed by atoms with E-state index in [2.05, 4.69) is 15.6 Å². The highest BCUT2D eigenvalue weighted by Crippen LogP contribution is 2.29. The lowest BCUT2D eigenvalue weighted by molar-refractivity contribution is -0.137. The van der Waals surface area contributed by atoms with Crippen molar-refractivity contribution in [3.8, 4) is 0 Å². The minimum Gasteiger partial charge on any atom is -0.378 e. The first-order chi connectivity index (χ1) is 12.0. The first-order valence-electron chi connectivity index (χ1n) is 8.79. The predicted octanol–water partition coefficient (Wildman–Crippen LogP) is 3.37. The predicted molar refractivity (Wildman–Crippen MR) is 92.7 cm³/mol. The Kier molecular flexibility index (Phi) is 7.55. The maximum atomic E-state index is 12.5. The highest BCUT2D eigenvalue weighted by molar-refractivity contribution is 5.79. The third kappa shape index (κ3) is 6.94. The molecular weight excluding hydrogens is 331 g/mol. The molecule has 0 spiro atoms. The second-order valence-corrected chi connectivity index (χ2v) is 6.06. The number of aliphatic imine (C=N–C) groups is 1. The molecule has 0 bridgehead atoms. The fraction of sp³-hybridized carbons (Fsp3) is 0.611. The summed E-state index contributed by atoms with van der Waals surface area (Å²) in [6, 6.07) is 5.28. The van der Waals surface area contributed by atoms with Crippen LogP contribution in [-0.2, 0) is 17.3 Å². The van der Waals surface area contributed by atoms with Crippen LogP contribution in [0.15, 0.2) is 29.3 Å². The van der Waals surface area contributed by atoms with Gasteiger partial charge in [0.25, 0.3) is 0 Å². The van der Waals surface area contributed by atoms with E-state index in [1.807, 2.05) is 6.92 Å². The highest BCUT2D eigenvalue weighted by Gasteiger charge is 2.29. The van der Waals surface area contributed by atoms with Crippen LogP contribution in [0.3, 0.4) is 0 Å². The first kappa shape index (κ1) is 19.6. The van der Waals surface area contributed by atoms with Gasteiger partial charge in [-0.1, -0.05) is 12.1 Å². The number of hydrogen-bond donors (Lipinski definition) is 2. The van der Waals surface area contributed by atoms with Gasteiger partial charge in [0.15, 0.2) is 5.96 Å². The molecule has 0 amide bonds. The van der Waals surface area contributed by atoms with Crippen LogP contribution in [0.1, 0.15) is 37.3 Å². The third-order valence-electron chi connectivity index (χ3n) is 4.08. The van der Waals surface area contributed by atoms with Crippen molar-refractivity contribution in [3.05, 3.63) is 35.4 Å². The van der Waals surface area contributed by atoms with Gasteiger partial charge in [-0.3, -0.25) is 4.99 Å². The van der Waals surface area contributed by atoms with E-state index < -0.39 is 11.7 Å². The fourth-order valence-corrected chi connectivity index (χ4v) is 2.72. The zero-order valence-corrected chi connectivity index (χ0v) is 14.5. The van der Waals surface area contributed by atoms with Crippen LogP contribution in [0, 0.1) is 0 Å². The summed E-state index contributed by atoms with van der Waals surface area (Å²) < 4.78 is 43.2. The Morgan fingerprint density at radius 1 is 1.24 bits per heavy atom. The summed E-state index contributed by atoms with van der Waals surface area (Å²) in [6.45, 7) is 4.90. The van der Waals surface area contributed by atoms with Gasteiger partial charge in [-0.2, -0.15) is 13.2 Å². The number of rotatable bonds is 7. The van der Waals surface area contributed by atoms with Crippen molar-refractivity contribution in [3.63, 3.8) is 0 Å². The molecule has 0 aromatic heterocycles. The smallest absolute Gasteiger partial charge is 0.378 e. The van der Waals surface area contributed by atoms with E-state index in [0.29, 0.717) is 25.6 Å². The summed E-state index contributed by atoms with van der Waals surface area (Å²) >= 11 is 0. The van der Waals surface area contributed by atoms with Crippen LogP contribution < -0.4 is 10.6 Å². The number of guanidine groups is 1. The maximum absolute atomic E-state index is 12.5. The Morgan fingerprint density at radius 3 is 2.60 bits per heavy atom. The number of nitrogens with one attached hydrogen (secondary N) is 2. The molecule has 4 nitrogen and oxygen atoms in total. The first-order valence-corrected chi connectivity index (χ1v) is 8.79. The zero-order valence-electron chi connectivity index (χ0n) is 14.5. The molecule has 1 aromatic rings. The lowest BCUT2D eigenvalue weighted by Crippen LogP contribution is -2.38. The number of hydrogen-bond acceptors (Lipinski definition) is 2. The molecular formula is C18H26F3N3O. The Labute approximate surface area is 146 Å². The minimum atomic E-state index is -4.29. The van der Waals surface area contributed by atoms with Crippen LogP contribution in [0.2, 0.25) is 0 Å². The number of alkyl halides is 3. The number of halogens is 3. The fourth-order valence-electron chi connectivity index (χ4n) is 2.72. The van der Waals surface area contributed by atoms with Crippen molar-refractivity contribution in [2.24, 2.45) is 4.99 Å². The van der Waals surface area contributed by atoms with Gasteiger partial charge in [0.05, 0.1) is 11.7 Å². The molecule has 1 saturated heterocycles. The van der Waals surface area contributed by atoms with Crippen LogP contribution in [-0.4, -0.2) is 38.3 Å². The second kappa shape index (κ2) is 9.65. The van der Waals surface area contributed by atoms with Crippen LogP contribution in [0.4, 0.5) is 13.2 Å². The van der Waals surface area contributed by atoms with Gasteiger partial charge in [0.2, 0.25) is 0 Å². The largest absolute Gasteiger partial charge is 0.416 e. The van der Waals surface area contributed by atoms with E-state index in [-0.39, 0.29) is 0 Å².